The number of rotatable bonds is 3. The number of carboxylic acid groups (broad SMARTS) is 1. The Morgan fingerprint density at radius 1 is 1.39 bits per heavy atom. The third-order valence-corrected chi connectivity index (χ3v) is 3.13. The standard InChI is InChI=1S/C13H17NO4/c15-12-9-18-7-6-11(12)14(13(16)17)8-10-4-2-1-3-5-10/h1-5,11-12,15H,6-9H2,(H,16,17). The topological polar surface area (TPSA) is 70.0 Å². The van der Waals surface area contributed by atoms with Crippen LogP contribution in [0.1, 0.15) is 12.0 Å². The maximum absolute atomic E-state index is 11.3. The molecule has 0 spiro atoms. The largest absolute Gasteiger partial charge is 0.465 e. The zero-order valence-electron chi connectivity index (χ0n) is 10.0. The van der Waals surface area contributed by atoms with Gasteiger partial charge in [-0.2, -0.15) is 0 Å². The Kier molecular flexibility index (Phi) is 4.17. The van der Waals surface area contributed by atoms with Gasteiger partial charge >= 0.3 is 6.09 Å². The third-order valence-electron chi connectivity index (χ3n) is 3.13. The summed E-state index contributed by atoms with van der Waals surface area (Å²) >= 11 is 0. The fourth-order valence-corrected chi connectivity index (χ4v) is 2.18. The molecule has 1 fully saturated rings. The van der Waals surface area contributed by atoms with Crippen LogP contribution in [0.3, 0.4) is 0 Å². The maximum Gasteiger partial charge on any atom is 0.407 e. The monoisotopic (exact) mass is 251 g/mol. The van der Waals surface area contributed by atoms with E-state index < -0.39 is 18.2 Å². The average molecular weight is 251 g/mol. The van der Waals surface area contributed by atoms with Crippen molar-refractivity contribution in [3.63, 3.8) is 0 Å². The molecule has 0 radical (unpaired) electrons. The van der Waals surface area contributed by atoms with Crippen LogP contribution in [-0.4, -0.2) is 46.6 Å². The van der Waals surface area contributed by atoms with Crippen LogP contribution in [0.4, 0.5) is 4.79 Å². The summed E-state index contributed by atoms with van der Waals surface area (Å²) in [5.41, 5.74) is 0.915. The van der Waals surface area contributed by atoms with E-state index in [2.05, 4.69) is 0 Å². The summed E-state index contributed by atoms with van der Waals surface area (Å²) < 4.78 is 5.12. The molecule has 2 N–H and O–H groups in total. The molecule has 2 atom stereocenters. The number of aliphatic hydroxyl groups excluding tert-OH is 1. The van der Waals surface area contributed by atoms with E-state index in [1.807, 2.05) is 30.3 Å². The van der Waals surface area contributed by atoms with Gasteiger partial charge in [-0.05, 0) is 12.0 Å². The number of benzene rings is 1. The van der Waals surface area contributed by atoms with Crippen molar-refractivity contribution in [1.82, 2.24) is 4.90 Å². The van der Waals surface area contributed by atoms with Gasteiger partial charge in [-0.15, -0.1) is 0 Å². The second kappa shape index (κ2) is 5.84. The number of hydrogen-bond donors (Lipinski definition) is 2. The summed E-state index contributed by atoms with van der Waals surface area (Å²) in [5.74, 6) is 0. The lowest BCUT2D eigenvalue weighted by molar-refractivity contribution is -0.0603. The van der Waals surface area contributed by atoms with Crippen LogP contribution in [0, 0.1) is 0 Å². The number of hydrogen-bond acceptors (Lipinski definition) is 3. The zero-order valence-corrected chi connectivity index (χ0v) is 10.0. The molecule has 5 heteroatoms. The van der Waals surface area contributed by atoms with E-state index in [4.69, 9.17) is 4.74 Å². The minimum atomic E-state index is -1.01. The molecule has 98 valence electrons. The number of ether oxygens (including phenoxy) is 1. The first-order valence-corrected chi connectivity index (χ1v) is 5.98. The minimum absolute atomic E-state index is 0.198. The SMILES string of the molecule is O=C(O)N(Cc1ccccc1)C1CCOCC1O. The molecule has 1 heterocycles. The minimum Gasteiger partial charge on any atom is -0.465 e. The molecular formula is C13H17NO4. The van der Waals surface area contributed by atoms with Crippen molar-refractivity contribution < 1.29 is 19.7 Å². The first-order valence-electron chi connectivity index (χ1n) is 5.98. The number of carbonyl (C=O) groups is 1. The van der Waals surface area contributed by atoms with Crippen LogP contribution in [0.5, 0.6) is 0 Å². The molecule has 5 nitrogen and oxygen atoms in total. The van der Waals surface area contributed by atoms with E-state index >= 15 is 0 Å². The quantitative estimate of drug-likeness (QED) is 0.850. The molecular weight excluding hydrogens is 234 g/mol. The smallest absolute Gasteiger partial charge is 0.407 e. The molecule has 0 saturated carbocycles. The lowest BCUT2D eigenvalue weighted by Crippen LogP contribution is -2.50. The van der Waals surface area contributed by atoms with Gasteiger partial charge in [0.2, 0.25) is 0 Å². The molecule has 0 aromatic heterocycles. The van der Waals surface area contributed by atoms with Gasteiger partial charge in [0.15, 0.2) is 0 Å². The van der Waals surface area contributed by atoms with Gasteiger partial charge in [0.05, 0.1) is 18.8 Å². The Morgan fingerprint density at radius 2 is 2.11 bits per heavy atom. The highest BCUT2D eigenvalue weighted by molar-refractivity contribution is 5.65. The summed E-state index contributed by atoms with van der Waals surface area (Å²) in [7, 11) is 0. The van der Waals surface area contributed by atoms with Gasteiger partial charge in [0, 0.05) is 13.2 Å². The first-order chi connectivity index (χ1) is 8.68. The molecule has 2 rings (SSSR count). The number of amides is 1. The summed E-state index contributed by atoms with van der Waals surface area (Å²) in [6.07, 6.45) is -1.23. The van der Waals surface area contributed by atoms with E-state index in [9.17, 15) is 15.0 Å². The van der Waals surface area contributed by atoms with Crippen molar-refractivity contribution in [2.45, 2.75) is 25.1 Å². The highest BCUT2D eigenvalue weighted by Gasteiger charge is 2.32. The Labute approximate surface area is 106 Å². The van der Waals surface area contributed by atoms with Gasteiger partial charge in [-0.3, -0.25) is 4.90 Å². The first kappa shape index (κ1) is 12.9. The number of nitrogens with zero attached hydrogens (tertiary/aromatic N) is 1. The van der Waals surface area contributed by atoms with E-state index in [-0.39, 0.29) is 13.2 Å². The highest BCUT2D eigenvalue weighted by atomic mass is 16.5. The molecule has 2 unspecified atom stereocenters. The summed E-state index contributed by atoms with van der Waals surface area (Å²) in [4.78, 5) is 12.6. The van der Waals surface area contributed by atoms with Crippen molar-refractivity contribution in [3.05, 3.63) is 35.9 Å². The Hall–Kier alpha value is -1.59. The van der Waals surface area contributed by atoms with Crippen LogP contribution >= 0.6 is 0 Å². The molecule has 1 saturated heterocycles. The van der Waals surface area contributed by atoms with Crippen LogP contribution in [-0.2, 0) is 11.3 Å². The maximum atomic E-state index is 11.3. The Balaban J connectivity index is 2.10. The van der Waals surface area contributed by atoms with Crippen LogP contribution in [0.15, 0.2) is 30.3 Å². The van der Waals surface area contributed by atoms with Crippen LogP contribution in [0.2, 0.25) is 0 Å². The molecule has 0 bridgehead atoms. The Morgan fingerprint density at radius 3 is 2.72 bits per heavy atom. The van der Waals surface area contributed by atoms with Crippen molar-refractivity contribution in [2.24, 2.45) is 0 Å². The lowest BCUT2D eigenvalue weighted by atomic mass is 10.0. The van der Waals surface area contributed by atoms with Crippen LogP contribution in [0.25, 0.3) is 0 Å². The van der Waals surface area contributed by atoms with Gasteiger partial charge in [-0.1, -0.05) is 30.3 Å². The summed E-state index contributed by atoms with van der Waals surface area (Å²) in [6, 6.07) is 8.99. The summed E-state index contributed by atoms with van der Waals surface area (Å²) in [5, 5.41) is 19.1. The van der Waals surface area contributed by atoms with Crippen molar-refractivity contribution in [3.8, 4) is 0 Å². The van der Waals surface area contributed by atoms with E-state index in [0.29, 0.717) is 13.0 Å². The van der Waals surface area contributed by atoms with Crippen molar-refractivity contribution >= 4 is 6.09 Å². The number of aliphatic hydroxyl groups is 1. The van der Waals surface area contributed by atoms with Gasteiger partial charge < -0.3 is 14.9 Å². The van der Waals surface area contributed by atoms with Crippen LogP contribution < -0.4 is 0 Å². The van der Waals surface area contributed by atoms with Gasteiger partial charge in [0.25, 0.3) is 0 Å². The third kappa shape index (κ3) is 3.00. The van der Waals surface area contributed by atoms with Gasteiger partial charge in [0.1, 0.15) is 0 Å². The van der Waals surface area contributed by atoms with E-state index in [1.54, 1.807) is 0 Å². The molecule has 0 aliphatic carbocycles. The molecule has 1 aliphatic heterocycles. The fraction of sp³-hybridized carbons (Fsp3) is 0.462. The molecule has 1 aromatic carbocycles. The van der Waals surface area contributed by atoms with E-state index in [1.165, 1.54) is 4.90 Å². The van der Waals surface area contributed by atoms with Crippen molar-refractivity contribution in [1.29, 1.82) is 0 Å². The lowest BCUT2D eigenvalue weighted by Gasteiger charge is -2.35. The predicted molar refractivity (Wildman–Crippen MR) is 65.2 cm³/mol. The van der Waals surface area contributed by atoms with E-state index in [0.717, 1.165) is 5.56 Å². The summed E-state index contributed by atoms with van der Waals surface area (Å²) in [6.45, 7) is 0.974. The molecule has 18 heavy (non-hydrogen) atoms. The zero-order chi connectivity index (χ0) is 13.0. The average Bonchev–Trinajstić information content (AvgIpc) is 2.38. The second-order valence-electron chi connectivity index (χ2n) is 4.39. The Bertz CT molecular complexity index is 395. The molecule has 1 amide bonds. The second-order valence-corrected chi connectivity index (χ2v) is 4.39. The van der Waals surface area contributed by atoms with Gasteiger partial charge in [-0.25, -0.2) is 4.79 Å². The fourth-order valence-electron chi connectivity index (χ4n) is 2.18. The normalized spacial score (nSPS) is 23.6. The molecule has 1 aliphatic rings. The predicted octanol–water partition coefficient (Wildman–Crippen LogP) is 1.32. The highest BCUT2D eigenvalue weighted by Crippen LogP contribution is 2.18. The van der Waals surface area contributed by atoms with Crippen molar-refractivity contribution in [2.75, 3.05) is 13.2 Å². The molecule has 1 aromatic rings.